The summed E-state index contributed by atoms with van der Waals surface area (Å²) in [5.74, 6) is 0. The maximum Gasteiger partial charge on any atom is 0.417 e. The minimum absolute atomic E-state index is 0.00722. The van der Waals surface area contributed by atoms with Crippen molar-refractivity contribution in [1.29, 1.82) is 0 Å². The number of carbonyl (C=O) groups excluding carboxylic acids is 1. The molecule has 21 heavy (non-hydrogen) atoms. The molecule has 1 aromatic rings. The van der Waals surface area contributed by atoms with Gasteiger partial charge in [-0.15, -0.1) is 0 Å². The Morgan fingerprint density at radius 1 is 1.38 bits per heavy atom. The Bertz CT molecular complexity index is 481. The van der Waals surface area contributed by atoms with Gasteiger partial charge in [0.2, 0.25) is 0 Å². The number of carbonyl (C=O) groups is 1. The quantitative estimate of drug-likeness (QED) is 0.900. The summed E-state index contributed by atoms with van der Waals surface area (Å²) in [6, 6.07) is 1.36. The Kier molecular flexibility index (Phi) is 5.16. The Morgan fingerprint density at radius 2 is 2.00 bits per heavy atom. The van der Waals surface area contributed by atoms with Crippen molar-refractivity contribution >= 4 is 6.09 Å². The number of rotatable bonds is 3. The van der Waals surface area contributed by atoms with E-state index in [-0.39, 0.29) is 12.2 Å². The standard InChI is InChI=1S/C13H18F3N3O2/c1-12(2,3)21-11(20)19-7-9(17)10-5-4-8(6-18-10)13(14,15)16/h4-6,9H,7,17H2,1-3H3,(H,19,20). The van der Waals surface area contributed by atoms with Crippen molar-refractivity contribution in [1.82, 2.24) is 10.3 Å². The molecule has 118 valence electrons. The fourth-order valence-corrected chi connectivity index (χ4v) is 1.40. The van der Waals surface area contributed by atoms with Gasteiger partial charge < -0.3 is 15.8 Å². The lowest BCUT2D eigenvalue weighted by molar-refractivity contribution is -0.137. The lowest BCUT2D eigenvalue weighted by atomic mass is 10.1. The van der Waals surface area contributed by atoms with Crippen molar-refractivity contribution in [2.75, 3.05) is 6.54 Å². The summed E-state index contributed by atoms with van der Waals surface area (Å²) >= 11 is 0. The average Bonchev–Trinajstić information content (AvgIpc) is 2.33. The zero-order chi connectivity index (χ0) is 16.3. The number of ether oxygens (including phenoxy) is 1. The predicted molar refractivity (Wildman–Crippen MR) is 70.4 cm³/mol. The number of pyridine rings is 1. The number of nitrogens with one attached hydrogen (secondary N) is 1. The first-order valence-corrected chi connectivity index (χ1v) is 6.24. The zero-order valence-electron chi connectivity index (χ0n) is 12.0. The second-order valence-electron chi connectivity index (χ2n) is 5.46. The van der Waals surface area contributed by atoms with Crippen molar-refractivity contribution < 1.29 is 22.7 Å². The molecule has 0 aromatic carbocycles. The molecule has 0 saturated carbocycles. The van der Waals surface area contributed by atoms with Gasteiger partial charge in [-0.1, -0.05) is 0 Å². The van der Waals surface area contributed by atoms with Crippen molar-refractivity contribution in [2.24, 2.45) is 5.73 Å². The molecule has 1 unspecified atom stereocenters. The van der Waals surface area contributed by atoms with E-state index in [4.69, 9.17) is 10.5 Å². The van der Waals surface area contributed by atoms with Gasteiger partial charge in [0.25, 0.3) is 0 Å². The average molecular weight is 305 g/mol. The largest absolute Gasteiger partial charge is 0.444 e. The fourth-order valence-electron chi connectivity index (χ4n) is 1.40. The summed E-state index contributed by atoms with van der Waals surface area (Å²) in [5.41, 5.74) is 4.51. The van der Waals surface area contributed by atoms with Crippen molar-refractivity contribution in [3.05, 3.63) is 29.6 Å². The maximum absolute atomic E-state index is 12.4. The molecule has 0 radical (unpaired) electrons. The molecule has 0 fully saturated rings. The third-order valence-corrected chi connectivity index (χ3v) is 2.36. The Morgan fingerprint density at radius 3 is 2.43 bits per heavy atom. The molecule has 0 saturated heterocycles. The van der Waals surface area contributed by atoms with E-state index in [1.54, 1.807) is 20.8 Å². The molecule has 8 heteroatoms. The number of halogens is 3. The minimum atomic E-state index is -4.44. The van der Waals surface area contributed by atoms with Crippen LogP contribution in [0.4, 0.5) is 18.0 Å². The number of alkyl carbamates (subject to hydrolysis) is 1. The van der Waals surface area contributed by atoms with Crippen LogP contribution in [-0.2, 0) is 10.9 Å². The molecule has 1 atom stereocenters. The van der Waals surface area contributed by atoms with Crippen LogP contribution in [0.25, 0.3) is 0 Å². The van der Waals surface area contributed by atoms with E-state index in [0.717, 1.165) is 6.07 Å². The first kappa shape index (κ1) is 17.2. The van der Waals surface area contributed by atoms with E-state index >= 15 is 0 Å². The van der Waals surface area contributed by atoms with Crippen molar-refractivity contribution in [3.63, 3.8) is 0 Å². The normalized spacial score (nSPS) is 13.7. The van der Waals surface area contributed by atoms with Crippen molar-refractivity contribution in [2.45, 2.75) is 38.6 Å². The maximum atomic E-state index is 12.4. The first-order valence-electron chi connectivity index (χ1n) is 6.24. The molecule has 1 aromatic heterocycles. The zero-order valence-corrected chi connectivity index (χ0v) is 12.0. The number of aromatic nitrogens is 1. The van der Waals surface area contributed by atoms with Crippen LogP contribution in [-0.4, -0.2) is 23.2 Å². The third-order valence-electron chi connectivity index (χ3n) is 2.36. The second-order valence-corrected chi connectivity index (χ2v) is 5.46. The summed E-state index contributed by atoms with van der Waals surface area (Å²) in [6.07, 6.45) is -4.38. The van der Waals surface area contributed by atoms with Gasteiger partial charge in [0.05, 0.1) is 17.3 Å². The van der Waals surface area contributed by atoms with Gasteiger partial charge in [0.1, 0.15) is 5.60 Å². The van der Waals surface area contributed by atoms with Crippen molar-refractivity contribution in [3.8, 4) is 0 Å². The summed E-state index contributed by atoms with van der Waals surface area (Å²) in [7, 11) is 0. The summed E-state index contributed by atoms with van der Waals surface area (Å²) in [5, 5.41) is 2.43. The number of alkyl halides is 3. The molecular weight excluding hydrogens is 287 g/mol. The van der Waals surface area contributed by atoms with Gasteiger partial charge in [-0.2, -0.15) is 13.2 Å². The SMILES string of the molecule is CC(C)(C)OC(=O)NCC(N)c1ccc(C(F)(F)F)cn1. The highest BCUT2D eigenvalue weighted by Gasteiger charge is 2.30. The smallest absolute Gasteiger partial charge is 0.417 e. The monoisotopic (exact) mass is 305 g/mol. The number of nitrogens with zero attached hydrogens (tertiary/aromatic N) is 1. The molecule has 0 aliphatic rings. The van der Waals surface area contributed by atoms with Crippen LogP contribution in [0, 0.1) is 0 Å². The van der Waals surface area contributed by atoms with Gasteiger partial charge in [-0.25, -0.2) is 4.79 Å². The molecule has 5 nitrogen and oxygen atoms in total. The molecule has 1 heterocycles. The van der Waals surface area contributed by atoms with Gasteiger partial charge in [0, 0.05) is 12.7 Å². The Balaban J connectivity index is 2.56. The highest BCUT2D eigenvalue weighted by molar-refractivity contribution is 5.67. The lowest BCUT2D eigenvalue weighted by Gasteiger charge is -2.20. The highest BCUT2D eigenvalue weighted by Crippen LogP contribution is 2.28. The van der Waals surface area contributed by atoms with E-state index in [2.05, 4.69) is 10.3 Å². The van der Waals surface area contributed by atoms with Crippen LogP contribution in [0.1, 0.15) is 38.1 Å². The lowest BCUT2D eigenvalue weighted by Crippen LogP contribution is -2.36. The molecule has 1 rings (SSSR count). The summed E-state index contributed by atoms with van der Waals surface area (Å²) in [6.45, 7) is 5.14. The topological polar surface area (TPSA) is 77.2 Å². The van der Waals surface area contributed by atoms with Crippen LogP contribution in [0.5, 0.6) is 0 Å². The van der Waals surface area contributed by atoms with Gasteiger partial charge >= 0.3 is 12.3 Å². The summed E-state index contributed by atoms with van der Waals surface area (Å²) in [4.78, 5) is 15.1. The predicted octanol–water partition coefficient (Wildman–Crippen LogP) is 2.62. The Hall–Kier alpha value is -1.83. The first-order chi connectivity index (χ1) is 9.49. The molecule has 0 spiro atoms. The molecule has 0 aliphatic heterocycles. The molecule has 3 N–H and O–H groups in total. The molecule has 1 amide bonds. The number of hydrogen-bond donors (Lipinski definition) is 2. The van der Waals surface area contributed by atoms with Crippen LogP contribution in [0.15, 0.2) is 18.3 Å². The number of nitrogens with two attached hydrogens (primary N) is 1. The third kappa shape index (κ3) is 5.99. The van der Waals surface area contributed by atoms with Crippen LogP contribution < -0.4 is 11.1 Å². The van der Waals surface area contributed by atoms with Gasteiger partial charge in [-0.3, -0.25) is 4.98 Å². The molecule has 0 bridgehead atoms. The highest BCUT2D eigenvalue weighted by atomic mass is 19.4. The Labute approximate surface area is 120 Å². The van der Waals surface area contributed by atoms with Gasteiger partial charge in [0.15, 0.2) is 0 Å². The van der Waals surface area contributed by atoms with E-state index in [1.165, 1.54) is 6.07 Å². The van der Waals surface area contributed by atoms with E-state index < -0.39 is 29.5 Å². The number of amides is 1. The van der Waals surface area contributed by atoms with E-state index in [0.29, 0.717) is 6.20 Å². The molecule has 0 aliphatic carbocycles. The van der Waals surface area contributed by atoms with E-state index in [9.17, 15) is 18.0 Å². The fraction of sp³-hybridized carbons (Fsp3) is 0.538. The second kappa shape index (κ2) is 6.30. The van der Waals surface area contributed by atoms with Crippen LogP contribution >= 0.6 is 0 Å². The van der Waals surface area contributed by atoms with Crippen LogP contribution in [0.2, 0.25) is 0 Å². The van der Waals surface area contributed by atoms with Gasteiger partial charge in [-0.05, 0) is 32.9 Å². The molecular formula is C13H18F3N3O2. The van der Waals surface area contributed by atoms with Crippen LogP contribution in [0.3, 0.4) is 0 Å². The van der Waals surface area contributed by atoms with E-state index in [1.807, 2.05) is 0 Å². The summed E-state index contributed by atoms with van der Waals surface area (Å²) < 4.78 is 42.2. The number of hydrogen-bond acceptors (Lipinski definition) is 4. The minimum Gasteiger partial charge on any atom is -0.444 e.